The van der Waals surface area contributed by atoms with Crippen molar-refractivity contribution in [3.63, 3.8) is 0 Å². The van der Waals surface area contributed by atoms with Crippen LogP contribution < -0.4 is 20.2 Å². The number of methoxy groups -OCH3 is 2. The molecule has 0 saturated heterocycles. The van der Waals surface area contributed by atoms with Gasteiger partial charge in [-0.3, -0.25) is 4.57 Å². The Labute approximate surface area is 175 Å². The second kappa shape index (κ2) is 9.80. The number of nitrogens with one attached hydrogen (secondary N) is 1. The summed E-state index contributed by atoms with van der Waals surface area (Å²) in [5, 5.41) is 3.16. The molecular weight excluding hydrogens is 407 g/mol. The SMILES string of the molecule is COc1ccc(-c2nc(P(=O)(OC)OC)c(NCCc3ccccc3)o2)cc1OC. The van der Waals surface area contributed by atoms with Gasteiger partial charge in [0.25, 0.3) is 0 Å². The van der Waals surface area contributed by atoms with Crippen molar-refractivity contribution in [1.29, 1.82) is 0 Å². The fourth-order valence-electron chi connectivity index (χ4n) is 2.92. The number of anilines is 1. The van der Waals surface area contributed by atoms with Crippen LogP contribution in [0.3, 0.4) is 0 Å². The molecule has 0 aliphatic carbocycles. The summed E-state index contributed by atoms with van der Waals surface area (Å²) in [6.45, 7) is 0.547. The molecule has 2 aromatic carbocycles. The Morgan fingerprint density at radius 3 is 2.30 bits per heavy atom. The quantitative estimate of drug-likeness (QED) is 0.478. The van der Waals surface area contributed by atoms with Gasteiger partial charge in [-0.2, -0.15) is 4.98 Å². The highest BCUT2D eigenvalue weighted by atomic mass is 31.2. The van der Waals surface area contributed by atoms with Crippen molar-refractivity contribution in [1.82, 2.24) is 4.98 Å². The van der Waals surface area contributed by atoms with Gasteiger partial charge in [-0.25, -0.2) is 0 Å². The predicted molar refractivity (Wildman–Crippen MR) is 115 cm³/mol. The average Bonchev–Trinajstić information content (AvgIpc) is 3.23. The van der Waals surface area contributed by atoms with Gasteiger partial charge in [0.15, 0.2) is 11.5 Å². The summed E-state index contributed by atoms with van der Waals surface area (Å²) in [4.78, 5) is 4.41. The molecule has 0 unspecified atom stereocenters. The molecule has 8 nitrogen and oxygen atoms in total. The topological polar surface area (TPSA) is 92.1 Å². The number of hydrogen-bond donors (Lipinski definition) is 1. The van der Waals surface area contributed by atoms with Gasteiger partial charge in [-0.15, -0.1) is 0 Å². The van der Waals surface area contributed by atoms with Crippen LogP contribution in [0.15, 0.2) is 52.9 Å². The van der Waals surface area contributed by atoms with E-state index in [4.69, 9.17) is 22.9 Å². The highest BCUT2D eigenvalue weighted by Gasteiger charge is 2.34. The van der Waals surface area contributed by atoms with Crippen LogP contribution in [0.5, 0.6) is 11.5 Å². The molecule has 1 aromatic heterocycles. The Morgan fingerprint density at radius 1 is 0.967 bits per heavy atom. The van der Waals surface area contributed by atoms with Crippen LogP contribution >= 0.6 is 7.60 Å². The highest BCUT2D eigenvalue weighted by molar-refractivity contribution is 7.62. The van der Waals surface area contributed by atoms with Crippen molar-refractivity contribution in [2.24, 2.45) is 0 Å². The zero-order valence-electron chi connectivity index (χ0n) is 17.4. The van der Waals surface area contributed by atoms with Gasteiger partial charge in [-0.05, 0) is 30.2 Å². The van der Waals surface area contributed by atoms with E-state index in [2.05, 4.69) is 10.3 Å². The summed E-state index contributed by atoms with van der Waals surface area (Å²) in [5.74, 6) is 1.59. The number of oxazole rings is 1. The molecule has 0 radical (unpaired) electrons. The van der Waals surface area contributed by atoms with E-state index < -0.39 is 7.60 Å². The standard InChI is InChI=1S/C21H25N2O6P/c1-25-17-11-10-16(14-18(17)26-2)19-23-21(30(24,27-3)28-4)20(29-19)22-13-12-15-8-6-5-7-9-15/h5-11,14,22H,12-13H2,1-4H3. The Hall–Kier alpha value is -2.80. The summed E-state index contributed by atoms with van der Waals surface area (Å²) in [5.41, 5.74) is 1.88. The molecule has 3 aromatic rings. The van der Waals surface area contributed by atoms with Gasteiger partial charge >= 0.3 is 7.60 Å². The van der Waals surface area contributed by atoms with Gasteiger partial charge in [0.05, 0.1) is 14.2 Å². The maximum absolute atomic E-state index is 13.0. The van der Waals surface area contributed by atoms with E-state index in [0.29, 0.717) is 23.6 Å². The zero-order chi connectivity index (χ0) is 21.6. The molecule has 1 heterocycles. The summed E-state index contributed by atoms with van der Waals surface area (Å²) >= 11 is 0. The first-order valence-corrected chi connectivity index (χ1v) is 10.8. The molecule has 9 heteroatoms. The van der Waals surface area contributed by atoms with Gasteiger partial charge in [0.2, 0.25) is 17.2 Å². The summed E-state index contributed by atoms with van der Waals surface area (Å²) in [6, 6.07) is 15.2. The zero-order valence-corrected chi connectivity index (χ0v) is 18.3. The fourth-order valence-corrected chi connectivity index (χ4v) is 4.00. The predicted octanol–water partition coefficient (Wildman–Crippen LogP) is 4.12. The Kier molecular flexibility index (Phi) is 7.15. The molecule has 0 spiro atoms. The van der Waals surface area contributed by atoms with Crippen LogP contribution in [0.25, 0.3) is 11.5 Å². The Balaban J connectivity index is 1.93. The third-order valence-corrected chi connectivity index (χ3v) is 6.31. The van der Waals surface area contributed by atoms with Crippen LogP contribution in [-0.2, 0) is 20.0 Å². The minimum Gasteiger partial charge on any atom is -0.493 e. The van der Waals surface area contributed by atoms with Crippen molar-refractivity contribution in [2.75, 3.05) is 40.3 Å². The van der Waals surface area contributed by atoms with Gasteiger partial charge in [-0.1, -0.05) is 30.3 Å². The molecule has 30 heavy (non-hydrogen) atoms. The van der Waals surface area contributed by atoms with E-state index in [1.54, 1.807) is 32.4 Å². The average molecular weight is 432 g/mol. The number of ether oxygens (including phenoxy) is 2. The number of nitrogens with zero attached hydrogens (tertiary/aromatic N) is 1. The maximum Gasteiger partial charge on any atom is 0.384 e. The van der Waals surface area contributed by atoms with Crippen molar-refractivity contribution in [3.8, 4) is 23.0 Å². The highest BCUT2D eigenvalue weighted by Crippen LogP contribution is 2.47. The lowest BCUT2D eigenvalue weighted by atomic mass is 10.1. The Bertz CT molecular complexity index is 1010. The first kappa shape index (κ1) is 21.9. The molecule has 1 N–H and O–H groups in total. The number of hydrogen-bond acceptors (Lipinski definition) is 8. The minimum absolute atomic E-state index is 0.0883. The normalized spacial score (nSPS) is 11.3. The lowest BCUT2D eigenvalue weighted by Crippen LogP contribution is -2.16. The smallest absolute Gasteiger partial charge is 0.384 e. The number of benzene rings is 2. The second-order valence-corrected chi connectivity index (χ2v) is 8.42. The van der Waals surface area contributed by atoms with E-state index in [0.717, 1.165) is 12.0 Å². The largest absolute Gasteiger partial charge is 0.493 e. The molecule has 0 aliphatic heterocycles. The van der Waals surface area contributed by atoms with E-state index in [1.165, 1.54) is 14.2 Å². The van der Waals surface area contributed by atoms with Crippen LogP contribution in [0, 0.1) is 0 Å². The van der Waals surface area contributed by atoms with Crippen LogP contribution in [0.1, 0.15) is 5.56 Å². The number of aromatic nitrogens is 1. The third-order valence-electron chi connectivity index (χ3n) is 4.52. The van der Waals surface area contributed by atoms with E-state index in [9.17, 15) is 4.57 Å². The van der Waals surface area contributed by atoms with E-state index in [-0.39, 0.29) is 17.2 Å². The summed E-state index contributed by atoms with van der Waals surface area (Å²) < 4.78 is 39.8. The van der Waals surface area contributed by atoms with Gasteiger partial charge < -0.3 is 28.3 Å². The molecule has 160 valence electrons. The van der Waals surface area contributed by atoms with E-state index in [1.807, 2.05) is 30.3 Å². The van der Waals surface area contributed by atoms with Crippen molar-refractivity contribution >= 4 is 18.9 Å². The Morgan fingerprint density at radius 2 is 1.67 bits per heavy atom. The maximum atomic E-state index is 13.0. The number of rotatable bonds is 10. The minimum atomic E-state index is -3.64. The molecule has 0 bridgehead atoms. The molecule has 0 fully saturated rings. The lowest BCUT2D eigenvalue weighted by molar-refractivity contribution is 0.286. The molecule has 3 rings (SSSR count). The fraction of sp³-hybridized carbons (Fsp3) is 0.286. The molecule has 0 saturated carbocycles. The van der Waals surface area contributed by atoms with Crippen molar-refractivity contribution in [3.05, 3.63) is 54.1 Å². The lowest BCUT2D eigenvalue weighted by Gasteiger charge is -2.12. The third kappa shape index (κ3) is 4.67. The van der Waals surface area contributed by atoms with Crippen molar-refractivity contribution in [2.45, 2.75) is 6.42 Å². The van der Waals surface area contributed by atoms with Gasteiger partial charge in [0, 0.05) is 26.3 Å². The molecular formula is C21H25N2O6P. The van der Waals surface area contributed by atoms with Crippen LogP contribution in [0.2, 0.25) is 0 Å². The van der Waals surface area contributed by atoms with Gasteiger partial charge in [0.1, 0.15) is 0 Å². The van der Waals surface area contributed by atoms with Crippen LogP contribution in [-0.4, -0.2) is 40.0 Å². The summed E-state index contributed by atoms with van der Waals surface area (Å²) in [6.07, 6.45) is 0.747. The first-order valence-electron chi connectivity index (χ1n) is 9.27. The molecule has 0 amide bonds. The molecule has 0 aliphatic rings. The first-order chi connectivity index (χ1) is 14.5. The summed E-state index contributed by atoms with van der Waals surface area (Å²) in [7, 11) is 2.08. The molecule has 0 atom stereocenters. The second-order valence-electron chi connectivity index (χ2n) is 6.27. The van der Waals surface area contributed by atoms with E-state index >= 15 is 0 Å². The van der Waals surface area contributed by atoms with Crippen molar-refractivity contribution < 1.29 is 27.5 Å². The van der Waals surface area contributed by atoms with Crippen LogP contribution in [0.4, 0.5) is 5.88 Å². The monoisotopic (exact) mass is 432 g/mol.